The Hall–Kier alpha value is -2.32. The lowest BCUT2D eigenvalue weighted by Gasteiger charge is -2.28. The van der Waals surface area contributed by atoms with E-state index in [1.54, 1.807) is 12.2 Å². The van der Waals surface area contributed by atoms with Gasteiger partial charge in [-0.15, -0.1) is 0 Å². The molecule has 0 saturated heterocycles. The topological polar surface area (TPSA) is 47.6 Å². The third-order valence-corrected chi connectivity index (χ3v) is 4.39. The molecule has 0 bridgehead atoms. The van der Waals surface area contributed by atoms with Gasteiger partial charge in [-0.2, -0.15) is 10.5 Å². The van der Waals surface area contributed by atoms with Crippen LogP contribution in [0.2, 0.25) is 0 Å². The minimum absolute atomic E-state index is 0.232. The standard InChI is InChI=1S/C19H20N2/c1-3-4-7-12-19(2)17(10-13-20)15-8-5-6-9-16(15)18(19)11-14-21/h5-6,8-11H,3-4,7,12H2,1-2H3. The molecule has 0 fully saturated rings. The van der Waals surface area contributed by atoms with E-state index >= 15 is 0 Å². The molecule has 1 aliphatic carbocycles. The first-order valence-corrected chi connectivity index (χ1v) is 7.49. The highest BCUT2D eigenvalue weighted by Gasteiger charge is 2.41. The summed E-state index contributed by atoms with van der Waals surface area (Å²) in [6, 6.07) is 12.5. The average Bonchev–Trinajstić information content (AvgIpc) is 2.72. The van der Waals surface area contributed by atoms with Crippen molar-refractivity contribution < 1.29 is 0 Å². The number of nitriles is 2. The van der Waals surface area contributed by atoms with Crippen molar-refractivity contribution in [3.63, 3.8) is 0 Å². The van der Waals surface area contributed by atoms with Crippen LogP contribution < -0.4 is 0 Å². The first kappa shape index (κ1) is 15.1. The molecular formula is C19H20N2. The van der Waals surface area contributed by atoms with Crippen LogP contribution in [0.4, 0.5) is 0 Å². The summed E-state index contributed by atoms with van der Waals surface area (Å²) in [5.74, 6) is 0. The summed E-state index contributed by atoms with van der Waals surface area (Å²) in [6.07, 6.45) is 7.72. The Bertz CT molecular complexity index is 615. The predicted octanol–water partition coefficient (Wildman–Crippen LogP) is 5.10. The monoisotopic (exact) mass is 276 g/mol. The van der Waals surface area contributed by atoms with Crippen molar-refractivity contribution in [2.24, 2.45) is 5.41 Å². The average molecular weight is 276 g/mol. The summed E-state index contributed by atoms with van der Waals surface area (Å²) in [4.78, 5) is 0. The minimum Gasteiger partial charge on any atom is -0.193 e. The van der Waals surface area contributed by atoms with Crippen molar-refractivity contribution >= 4 is 11.1 Å². The van der Waals surface area contributed by atoms with E-state index in [1.165, 1.54) is 6.42 Å². The summed E-state index contributed by atoms with van der Waals surface area (Å²) < 4.78 is 0. The highest BCUT2D eigenvalue weighted by Crippen LogP contribution is 2.56. The Morgan fingerprint density at radius 3 is 1.95 bits per heavy atom. The van der Waals surface area contributed by atoms with Gasteiger partial charge in [0.05, 0.1) is 12.1 Å². The molecule has 0 heterocycles. The number of allylic oxidation sites excluding steroid dienone is 4. The number of unbranched alkanes of at least 4 members (excludes halogenated alkanes) is 2. The largest absolute Gasteiger partial charge is 0.193 e. The van der Waals surface area contributed by atoms with Gasteiger partial charge in [0.2, 0.25) is 0 Å². The van der Waals surface area contributed by atoms with E-state index in [0.717, 1.165) is 41.5 Å². The minimum atomic E-state index is -0.232. The molecule has 0 amide bonds. The van der Waals surface area contributed by atoms with Gasteiger partial charge in [0.1, 0.15) is 0 Å². The second kappa shape index (κ2) is 6.42. The number of benzene rings is 1. The molecule has 1 aliphatic rings. The second-order valence-electron chi connectivity index (χ2n) is 5.71. The van der Waals surface area contributed by atoms with Crippen LogP contribution in [-0.4, -0.2) is 0 Å². The lowest BCUT2D eigenvalue weighted by Crippen LogP contribution is -2.15. The van der Waals surface area contributed by atoms with Crippen molar-refractivity contribution in [1.29, 1.82) is 10.5 Å². The summed E-state index contributed by atoms with van der Waals surface area (Å²) in [5, 5.41) is 18.3. The maximum absolute atomic E-state index is 9.16. The molecule has 0 atom stereocenters. The lowest BCUT2D eigenvalue weighted by molar-refractivity contribution is 0.503. The van der Waals surface area contributed by atoms with E-state index in [1.807, 2.05) is 12.1 Å². The predicted molar refractivity (Wildman–Crippen MR) is 85.9 cm³/mol. The van der Waals surface area contributed by atoms with Crippen LogP contribution in [0.1, 0.15) is 50.7 Å². The summed E-state index contributed by atoms with van der Waals surface area (Å²) in [5.41, 5.74) is 4.07. The van der Waals surface area contributed by atoms with Crippen molar-refractivity contribution in [1.82, 2.24) is 0 Å². The molecule has 0 unspecified atom stereocenters. The van der Waals surface area contributed by atoms with E-state index in [9.17, 15) is 0 Å². The van der Waals surface area contributed by atoms with Crippen LogP contribution in [0.25, 0.3) is 11.1 Å². The first-order chi connectivity index (χ1) is 10.2. The van der Waals surface area contributed by atoms with E-state index in [-0.39, 0.29) is 5.41 Å². The molecule has 1 aromatic rings. The maximum Gasteiger partial charge on any atom is 0.0915 e. The van der Waals surface area contributed by atoms with Crippen molar-refractivity contribution in [2.45, 2.75) is 39.5 Å². The molecule has 0 aromatic heterocycles. The van der Waals surface area contributed by atoms with Crippen LogP contribution >= 0.6 is 0 Å². The summed E-state index contributed by atoms with van der Waals surface area (Å²) in [7, 11) is 0. The van der Waals surface area contributed by atoms with Crippen LogP contribution in [0.5, 0.6) is 0 Å². The van der Waals surface area contributed by atoms with Crippen molar-refractivity contribution in [3.05, 3.63) is 47.5 Å². The van der Waals surface area contributed by atoms with Crippen LogP contribution in [0.3, 0.4) is 0 Å². The van der Waals surface area contributed by atoms with E-state index in [0.29, 0.717) is 0 Å². The normalized spacial score (nSPS) is 23.8. The number of rotatable bonds is 4. The fourth-order valence-electron chi connectivity index (χ4n) is 3.29. The molecule has 0 aliphatic heterocycles. The van der Waals surface area contributed by atoms with Gasteiger partial charge in [-0.05, 0) is 28.7 Å². The molecular weight excluding hydrogens is 256 g/mol. The van der Waals surface area contributed by atoms with Gasteiger partial charge in [0.15, 0.2) is 0 Å². The Labute approximate surface area is 127 Å². The SMILES string of the molecule is CCCCCC1(C)C(=CC#N)c2ccccc2C1=CC#N. The third kappa shape index (κ3) is 2.63. The zero-order chi connectivity index (χ0) is 15.3. The molecule has 106 valence electrons. The molecule has 2 nitrogen and oxygen atoms in total. The second-order valence-corrected chi connectivity index (χ2v) is 5.71. The quantitative estimate of drug-likeness (QED) is 0.567. The summed E-state index contributed by atoms with van der Waals surface area (Å²) >= 11 is 0. The maximum atomic E-state index is 9.16. The molecule has 1 aromatic carbocycles. The number of hydrogen-bond acceptors (Lipinski definition) is 2. The van der Waals surface area contributed by atoms with E-state index < -0.39 is 0 Å². The molecule has 0 spiro atoms. The number of hydrogen-bond donors (Lipinski definition) is 0. The third-order valence-electron chi connectivity index (χ3n) is 4.39. The number of nitrogens with zero attached hydrogens (tertiary/aromatic N) is 2. The van der Waals surface area contributed by atoms with Crippen LogP contribution in [-0.2, 0) is 0 Å². The number of fused-ring (bicyclic) bond motifs is 1. The van der Waals surface area contributed by atoms with Crippen molar-refractivity contribution in [3.8, 4) is 12.1 Å². The van der Waals surface area contributed by atoms with Gasteiger partial charge >= 0.3 is 0 Å². The Morgan fingerprint density at radius 2 is 1.52 bits per heavy atom. The van der Waals surface area contributed by atoms with Gasteiger partial charge in [0.25, 0.3) is 0 Å². The molecule has 0 N–H and O–H groups in total. The zero-order valence-corrected chi connectivity index (χ0v) is 12.7. The molecule has 0 radical (unpaired) electrons. The molecule has 2 heteroatoms. The fraction of sp³-hybridized carbons (Fsp3) is 0.368. The Morgan fingerprint density at radius 1 is 1.00 bits per heavy atom. The van der Waals surface area contributed by atoms with E-state index in [2.05, 4.69) is 38.1 Å². The van der Waals surface area contributed by atoms with Gasteiger partial charge in [0, 0.05) is 17.6 Å². The Balaban J connectivity index is 2.57. The zero-order valence-electron chi connectivity index (χ0n) is 12.7. The molecule has 2 rings (SSSR count). The molecule has 21 heavy (non-hydrogen) atoms. The lowest BCUT2D eigenvalue weighted by atomic mass is 9.75. The van der Waals surface area contributed by atoms with Gasteiger partial charge in [-0.25, -0.2) is 0 Å². The van der Waals surface area contributed by atoms with Gasteiger partial charge in [-0.3, -0.25) is 0 Å². The first-order valence-electron chi connectivity index (χ1n) is 7.49. The Kier molecular flexibility index (Phi) is 4.61. The highest BCUT2D eigenvalue weighted by atomic mass is 14.4. The van der Waals surface area contributed by atoms with E-state index in [4.69, 9.17) is 10.5 Å². The van der Waals surface area contributed by atoms with Crippen molar-refractivity contribution in [2.75, 3.05) is 0 Å². The van der Waals surface area contributed by atoms with Crippen LogP contribution in [0, 0.1) is 28.1 Å². The molecule has 0 saturated carbocycles. The smallest absolute Gasteiger partial charge is 0.0915 e. The van der Waals surface area contributed by atoms with Crippen LogP contribution in [0.15, 0.2) is 36.4 Å². The highest BCUT2D eigenvalue weighted by molar-refractivity contribution is 5.98. The van der Waals surface area contributed by atoms with Gasteiger partial charge < -0.3 is 0 Å². The summed E-state index contributed by atoms with van der Waals surface area (Å²) in [6.45, 7) is 4.35. The van der Waals surface area contributed by atoms with Gasteiger partial charge in [-0.1, -0.05) is 57.4 Å². The fourth-order valence-corrected chi connectivity index (χ4v) is 3.29.